The van der Waals surface area contributed by atoms with E-state index in [0.29, 0.717) is 6.04 Å². The third-order valence-electron chi connectivity index (χ3n) is 3.57. The zero-order valence-corrected chi connectivity index (χ0v) is 12.3. The molecule has 0 aliphatic heterocycles. The van der Waals surface area contributed by atoms with Gasteiger partial charge < -0.3 is 5.32 Å². The Labute approximate surface area is 115 Å². The van der Waals surface area contributed by atoms with E-state index in [1.165, 1.54) is 16.8 Å². The molecule has 0 aliphatic rings. The molecule has 3 heteroatoms. The Bertz CT molecular complexity index is 525. The highest BCUT2D eigenvalue weighted by Gasteiger charge is 2.11. The first-order chi connectivity index (χ1) is 9.08. The van der Waals surface area contributed by atoms with Gasteiger partial charge >= 0.3 is 0 Å². The number of aromatic nitrogens is 2. The molecule has 2 rings (SSSR count). The minimum Gasteiger partial charge on any atom is -0.316 e. The van der Waals surface area contributed by atoms with Crippen molar-refractivity contribution in [3.05, 3.63) is 52.8 Å². The summed E-state index contributed by atoms with van der Waals surface area (Å²) in [6.45, 7) is 4.16. The van der Waals surface area contributed by atoms with Gasteiger partial charge in [0.05, 0.1) is 5.69 Å². The van der Waals surface area contributed by atoms with Crippen molar-refractivity contribution in [3.8, 4) is 0 Å². The summed E-state index contributed by atoms with van der Waals surface area (Å²) in [5, 5.41) is 7.81. The molecule has 2 aromatic rings. The van der Waals surface area contributed by atoms with Crippen LogP contribution in [0.3, 0.4) is 0 Å². The Hall–Kier alpha value is -1.61. The minimum absolute atomic E-state index is 0.442. The number of likely N-dealkylation sites (N-methyl/N-ethyl adjacent to an activating group) is 1. The third-order valence-corrected chi connectivity index (χ3v) is 3.57. The quantitative estimate of drug-likeness (QED) is 0.891. The van der Waals surface area contributed by atoms with E-state index in [1.807, 2.05) is 25.7 Å². The normalized spacial score (nSPS) is 12.6. The number of hydrogen-bond donors (Lipinski definition) is 1. The van der Waals surface area contributed by atoms with Gasteiger partial charge in [-0.1, -0.05) is 29.8 Å². The molecule has 0 fully saturated rings. The largest absolute Gasteiger partial charge is 0.316 e. The second-order valence-electron chi connectivity index (χ2n) is 5.28. The number of hydrogen-bond acceptors (Lipinski definition) is 2. The van der Waals surface area contributed by atoms with Crippen LogP contribution in [0, 0.1) is 13.8 Å². The monoisotopic (exact) mass is 257 g/mol. The van der Waals surface area contributed by atoms with Crippen molar-refractivity contribution >= 4 is 0 Å². The van der Waals surface area contributed by atoms with Gasteiger partial charge in [0, 0.05) is 25.2 Å². The highest BCUT2D eigenvalue weighted by molar-refractivity contribution is 5.22. The van der Waals surface area contributed by atoms with E-state index >= 15 is 0 Å². The fraction of sp³-hybridized carbons (Fsp3) is 0.438. The molecule has 1 aromatic carbocycles. The Kier molecular flexibility index (Phi) is 4.38. The van der Waals surface area contributed by atoms with Gasteiger partial charge in [0.25, 0.3) is 0 Å². The Morgan fingerprint density at radius 3 is 2.37 bits per heavy atom. The van der Waals surface area contributed by atoms with Crippen molar-refractivity contribution in [1.82, 2.24) is 15.1 Å². The zero-order chi connectivity index (χ0) is 13.8. The average Bonchev–Trinajstić information content (AvgIpc) is 2.69. The molecule has 3 nitrogen and oxygen atoms in total. The number of rotatable bonds is 5. The lowest BCUT2D eigenvalue weighted by Crippen LogP contribution is -2.30. The molecule has 0 saturated heterocycles. The molecule has 0 saturated carbocycles. The van der Waals surface area contributed by atoms with E-state index in [2.05, 4.69) is 47.7 Å². The topological polar surface area (TPSA) is 29.9 Å². The van der Waals surface area contributed by atoms with Crippen molar-refractivity contribution in [1.29, 1.82) is 0 Å². The molecule has 1 atom stereocenters. The van der Waals surface area contributed by atoms with Gasteiger partial charge in [-0.3, -0.25) is 4.68 Å². The lowest BCUT2D eigenvalue weighted by atomic mass is 10.0. The van der Waals surface area contributed by atoms with E-state index in [1.54, 1.807) is 0 Å². The van der Waals surface area contributed by atoms with Crippen LogP contribution in [-0.2, 0) is 19.9 Å². The highest BCUT2D eigenvalue weighted by atomic mass is 15.3. The Balaban J connectivity index is 2.04. The molecule has 0 bridgehead atoms. The number of nitrogens with one attached hydrogen (secondary N) is 1. The fourth-order valence-corrected chi connectivity index (χ4v) is 2.39. The molecule has 1 N–H and O–H groups in total. The molecule has 0 radical (unpaired) electrons. The van der Waals surface area contributed by atoms with Crippen molar-refractivity contribution in [3.63, 3.8) is 0 Å². The first-order valence-corrected chi connectivity index (χ1v) is 6.81. The van der Waals surface area contributed by atoms with Crippen LogP contribution in [0.2, 0.25) is 0 Å². The second-order valence-corrected chi connectivity index (χ2v) is 5.28. The first kappa shape index (κ1) is 13.8. The number of benzene rings is 1. The SMILES string of the molecule is CNC(Cc1ccc(C)cc1)Cc1cc(C)nn1C. The van der Waals surface area contributed by atoms with Crippen LogP contribution in [0.25, 0.3) is 0 Å². The van der Waals surface area contributed by atoms with Crippen LogP contribution in [0.15, 0.2) is 30.3 Å². The molecular formula is C16H23N3. The molecule has 1 aromatic heterocycles. The maximum Gasteiger partial charge on any atom is 0.0596 e. The summed E-state index contributed by atoms with van der Waals surface area (Å²) >= 11 is 0. The van der Waals surface area contributed by atoms with E-state index in [4.69, 9.17) is 0 Å². The van der Waals surface area contributed by atoms with Gasteiger partial charge in [-0.15, -0.1) is 0 Å². The third kappa shape index (κ3) is 3.67. The summed E-state index contributed by atoms with van der Waals surface area (Å²) in [5.74, 6) is 0. The van der Waals surface area contributed by atoms with E-state index < -0.39 is 0 Å². The highest BCUT2D eigenvalue weighted by Crippen LogP contribution is 2.11. The predicted molar refractivity (Wildman–Crippen MR) is 79.4 cm³/mol. The van der Waals surface area contributed by atoms with Crippen molar-refractivity contribution < 1.29 is 0 Å². The van der Waals surface area contributed by atoms with Crippen LogP contribution < -0.4 is 5.32 Å². The molecule has 0 amide bonds. The standard InChI is InChI=1S/C16H23N3/c1-12-5-7-14(8-6-12)10-15(17-3)11-16-9-13(2)18-19(16)4/h5-9,15,17H,10-11H2,1-4H3. The van der Waals surface area contributed by atoms with Crippen LogP contribution in [0.4, 0.5) is 0 Å². The molecule has 1 unspecified atom stereocenters. The lowest BCUT2D eigenvalue weighted by molar-refractivity contribution is 0.533. The predicted octanol–water partition coefficient (Wildman–Crippen LogP) is 2.41. The van der Waals surface area contributed by atoms with Gasteiger partial charge in [0.15, 0.2) is 0 Å². The van der Waals surface area contributed by atoms with Crippen molar-refractivity contribution in [2.45, 2.75) is 32.7 Å². The van der Waals surface area contributed by atoms with E-state index in [-0.39, 0.29) is 0 Å². The van der Waals surface area contributed by atoms with Gasteiger partial charge in [-0.25, -0.2) is 0 Å². The summed E-state index contributed by atoms with van der Waals surface area (Å²) < 4.78 is 1.98. The maximum atomic E-state index is 4.41. The van der Waals surface area contributed by atoms with Gasteiger partial charge in [-0.2, -0.15) is 5.10 Å². The summed E-state index contributed by atoms with van der Waals surface area (Å²) in [6.07, 6.45) is 2.04. The molecule has 19 heavy (non-hydrogen) atoms. The molecule has 0 aliphatic carbocycles. The van der Waals surface area contributed by atoms with E-state index in [9.17, 15) is 0 Å². The first-order valence-electron chi connectivity index (χ1n) is 6.81. The lowest BCUT2D eigenvalue weighted by Gasteiger charge is -2.16. The van der Waals surface area contributed by atoms with Gasteiger partial charge in [0.1, 0.15) is 0 Å². The minimum atomic E-state index is 0.442. The molecular weight excluding hydrogens is 234 g/mol. The molecule has 102 valence electrons. The number of nitrogens with zero attached hydrogens (tertiary/aromatic N) is 2. The Morgan fingerprint density at radius 1 is 1.16 bits per heavy atom. The molecule has 0 spiro atoms. The maximum absolute atomic E-state index is 4.41. The second kappa shape index (κ2) is 6.02. The average molecular weight is 257 g/mol. The van der Waals surface area contributed by atoms with E-state index in [0.717, 1.165) is 18.5 Å². The van der Waals surface area contributed by atoms with Gasteiger partial charge in [-0.05, 0) is 38.9 Å². The summed E-state index contributed by atoms with van der Waals surface area (Å²) in [5.41, 5.74) is 5.06. The van der Waals surface area contributed by atoms with Gasteiger partial charge in [0.2, 0.25) is 0 Å². The van der Waals surface area contributed by atoms with Crippen molar-refractivity contribution in [2.75, 3.05) is 7.05 Å². The smallest absolute Gasteiger partial charge is 0.0596 e. The molecule has 1 heterocycles. The summed E-state index contributed by atoms with van der Waals surface area (Å²) in [4.78, 5) is 0. The van der Waals surface area contributed by atoms with Crippen LogP contribution >= 0.6 is 0 Å². The van der Waals surface area contributed by atoms with Crippen LogP contribution in [0.1, 0.15) is 22.5 Å². The zero-order valence-electron chi connectivity index (χ0n) is 12.3. The number of aryl methyl sites for hydroxylation is 3. The van der Waals surface area contributed by atoms with Crippen LogP contribution in [0.5, 0.6) is 0 Å². The Morgan fingerprint density at radius 2 is 1.84 bits per heavy atom. The fourth-order valence-electron chi connectivity index (χ4n) is 2.39. The van der Waals surface area contributed by atoms with Crippen molar-refractivity contribution in [2.24, 2.45) is 7.05 Å². The van der Waals surface area contributed by atoms with Crippen LogP contribution in [-0.4, -0.2) is 22.9 Å². The summed E-state index contributed by atoms with van der Waals surface area (Å²) in [7, 11) is 4.04. The summed E-state index contributed by atoms with van der Waals surface area (Å²) in [6, 6.07) is 11.4.